The molecule has 0 bridgehead atoms. The lowest BCUT2D eigenvalue weighted by molar-refractivity contribution is -0.131. The minimum absolute atomic E-state index is 0.0422. The van der Waals surface area contributed by atoms with Crippen molar-refractivity contribution >= 4 is 22.7 Å². The molecule has 6 nitrogen and oxygen atoms in total. The number of carbonyl (C=O) groups is 2. The standard InChI is InChI=1S/C21H24N4O2/c1-14-11-18(15(2)23-14)21(27)25-9-7-24(8-10-25)20(26)12-16-13-22-19-6-4-3-5-17(16)19/h3-6,11,13,22-23H,7-10,12H2,1-2H3. The summed E-state index contributed by atoms with van der Waals surface area (Å²) >= 11 is 0. The van der Waals surface area contributed by atoms with Gasteiger partial charge in [-0.3, -0.25) is 9.59 Å². The molecule has 6 heteroatoms. The van der Waals surface area contributed by atoms with Crippen molar-refractivity contribution in [1.82, 2.24) is 19.8 Å². The van der Waals surface area contributed by atoms with Crippen LogP contribution < -0.4 is 0 Å². The maximum absolute atomic E-state index is 12.7. The van der Waals surface area contributed by atoms with Gasteiger partial charge < -0.3 is 19.8 Å². The van der Waals surface area contributed by atoms with Crippen LogP contribution in [-0.4, -0.2) is 57.8 Å². The van der Waals surface area contributed by atoms with E-state index in [1.807, 2.05) is 60.2 Å². The highest BCUT2D eigenvalue weighted by Gasteiger charge is 2.26. The maximum atomic E-state index is 12.7. The number of piperazine rings is 1. The second-order valence-corrected chi connectivity index (χ2v) is 7.20. The molecule has 0 aliphatic carbocycles. The van der Waals surface area contributed by atoms with Gasteiger partial charge in [0, 0.05) is 54.7 Å². The van der Waals surface area contributed by atoms with E-state index in [1.165, 1.54) is 0 Å². The monoisotopic (exact) mass is 364 g/mol. The zero-order valence-corrected chi connectivity index (χ0v) is 15.7. The van der Waals surface area contributed by atoms with Crippen LogP contribution in [0.15, 0.2) is 36.5 Å². The molecule has 1 aliphatic heterocycles. The van der Waals surface area contributed by atoms with Crippen LogP contribution in [0, 0.1) is 13.8 Å². The van der Waals surface area contributed by atoms with Crippen LogP contribution in [0.2, 0.25) is 0 Å². The lowest BCUT2D eigenvalue weighted by Crippen LogP contribution is -2.51. The van der Waals surface area contributed by atoms with E-state index in [2.05, 4.69) is 9.97 Å². The number of aryl methyl sites for hydroxylation is 2. The van der Waals surface area contributed by atoms with Crippen molar-refractivity contribution in [2.75, 3.05) is 26.2 Å². The fourth-order valence-corrected chi connectivity index (χ4v) is 3.83. The molecule has 1 aliphatic rings. The van der Waals surface area contributed by atoms with Crippen LogP contribution in [0.5, 0.6) is 0 Å². The number of fused-ring (bicyclic) bond motifs is 1. The summed E-state index contributed by atoms with van der Waals surface area (Å²) in [6.45, 7) is 6.17. The number of carbonyl (C=O) groups excluding carboxylic acids is 2. The van der Waals surface area contributed by atoms with Crippen LogP contribution in [0.3, 0.4) is 0 Å². The number of hydrogen-bond donors (Lipinski definition) is 2. The Labute approximate surface area is 158 Å². The number of para-hydroxylation sites is 1. The van der Waals surface area contributed by atoms with Crippen molar-refractivity contribution in [2.24, 2.45) is 0 Å². The molecule has 2 aromatic heterocycles. The number of amides is 2. The van der Waals surface area contributed by atoms with Gasteiger partial charge in [0.25, 0.3) is 5.91 Å². The summed E-state index contributed by atoms with van der Waals surface area (Å²) in [7, 11) is 0. The van der Waals surface area contributed by atoms with Crippen LogP contribution >= 0.6 is 0 Å². The Kier molecular flexibility index (Phi) is 4.48. The van der Waals surface area contributed by atoms with E-state index < -0.39 is 0 Å². The second kappa shape index (κ2) is 6.95. The third-order valence-electron chi connectivity index (χ3n) is 5.32. The molecule has 1 fully saturated rings. The van der Waals surface area contributed by atoms with Gasteiger partial charge >= 0.3 is 0 Å². The number of hydrogen-bond acceptors (Lipinski definition) is 2. The minimum Gasteiger partial charge on any atom is -0.362 e. The average molecular weight is 364 g/mol. The van der Waals surface area contributed by atoms with Gasteiger partial charge in [-0.05, 0) is 31.5 Å². The quantitative estimate of drug-likeness (QED) is 0.750. The van der Waals surface area contributed by atoms with Gasteiger partial charge in [0.2, 0.25) is 5.91 Å². The van der Waals surface area contributed by atoms with E-state index in [1.54, 1.807) is 0 Å². The molecule has 0 saturated carbocycles. The van der Waals surface area contributed by atoms with Gasteiger partial charge in [-0.25, -0.2) is 0 Å². The largest absolute Gasteiger partial charge is 0.362 e. The third-order valence-corrected chi connectivity index (χ3v) is 5.32. The number of nitrogens with one attached hydrogen (secondary N) is 2. The molecule has 0 spiro atoms. The Morgan fingerprint density at radius 3 is 2.44 bits per heavy atom. The Morgan fingerprint density at radius 1 is 1.04 bits per heavy atom. The highest BCUT2D eigenvalue weighted by Crippen LogP contribution is 2.19. The minimum atomic E-state index is 0.0422. The molecule has 2 amide bonds. The summed E-state index contributed by atoms with van der Waals surface area (Å²) < 4.78 is 0. The van der Waals surface area contributed by atoms with Crippen LogP contribution in [-0.2, 0) is 11.2 Å². The lowest BCUT2D eigenvalue weighted by Gasteiger charge is -2.34. The van der Waals surface area contributed by atoms with Crippen LogP contribution in [0.25, 0.3) is 10.9 Å². The highest BCUT2D eigenvalue weighted by molar-refractivity contribution is 5.96. The zero-order chi connectivity index (χ0) is 19.0. The number of nitrogens with zero attached hydrogens (tertiary/aromatic N) is 2. The van der Waals surface area contributed by atoms with E-state index in [4.69, 9.17) is 0 Å². The number of aromatic nitrogens is 2. The van der Waals surface area contributed by atoms with E-state index in [9.17, 15) is 9.59 Å². The van der Waals surface area contributed by atoms with Gasteiger partial charge in [-0.2, -0.15) is 0 Å². The molecular weight excluding hydrogens is 340 g/mol. The summed E-state index contributed by atoms with van der Waals surface area (Å²) in [5, 5.41) is 1.10. The number of benzene rings is 1. The summed E-state index contributed by atoms with van der Waals surface area (Å²) in [4.78, 5) is 35.5. The van der Waals surface area contributed by atoms with Crippen LogP contribution in [0.1, 0.15) is 27.3 Å². The molecule has 2 N–H and O–H groups in total. The van der Waals surface area contributed by atoms with Crippen molar-refractivity contribution in [3.8, 4) is 0 Å². The summed E-state index contributed by atoms with van der Waals surface area (Å²) in [6.07, 6.45) is 2.30. The average Bonchev–Trinajstić information content (AvgIpc) is 3.24. The predicted octanol–water partition coefficient (Wildman–Crippen LogP) is 2.64. The van der Waals surface area contributed by atoms with Crippen molar-refractivity contribution in [2.45, 2.75) is 20.3 Å². The molecule has 0 unspecified atom stereocenters. The predicted molar refractivity (Wildman–Crippen MR) is 105 cm³/mol. The van der Waals surface area contributed by atoms with Gasteiger partial charge in [0.1, 0.15) is 0 Å². The molecule has 3 aromatic rings. The lowest BCUT2D eigenvalue weighted by atomic mass is 10.1. The maximum Gasteiger partial charge on any atom is 0.255 e. The Morgan fingerprint density at radius 2 is 1.74 bits per heavy atom. The molecule has 3 heterocycles. The first-order valence-corrected chi connectivity index (χ1v) is 9.31. The number of rotatable bonds is 3. The van der Waals surface area contributed by atoms with Gasteiger partial charge in [-0.15, -0.1) is 0 Å². The zero-order valence-electron chi connectivity index (χ0n) is 15.7. The first-order chi connectivity index (χ1) is 13.0. The van der Waals surface area contributed by atoms with E-state index >= 15 is 0 Å². The van der Waals surface area contributed by atoms with Crippen molar-refractivity contribution in [1.29, 1.82) is 0 Å². The Hall–Kier alpha value is -3.02. The van der Waals surface area contributed by atoms with Gasteiger partial charge in [0.05, 0.1) is 12.0 Å². The molecule has 1 aromatic carbocycles. The van der Waals surface area contributed by atoms with E-state index in [0.717, 1.165) is 33.4 Å². The molecular formula is C21H24N4O2. The molecule has 1 saturated heterocycles. The van der Waals surface area contributed by atoms with Crippen LogP contribution in [0.4, 0.5) is 0 Å². The van der Waals surface area contributed by atoms with Crippen molar-refractivity contribution < 1.29 is 9.59 Å². The Balaban J connectivity index is 1.38. The van der Waals surface area contributed by atoms with E-state index in [0.29, 0.717) is 32.6 Å². The number of aromatic amines is 2. The third kappa shape index (κ3) is 3.35. The first kappa shape index (κ1) is 17.4. The summed E-state index contributed by atoms with van der Waals surface area (Å²) in [5.41, 5.74) is 4.69. The van der Waals surface area contributed by atoms with Gasteiger partial charge in [-0.1, -0.05) is 18.2 Å². The Bertz CT molecular complexity index is 993. The van der Waals surface area contributed by atoms with E-state index in [-0.39, 0.29) is 11.8 Å². The molecule has 4 rings (SSSR count). The molecule has 27 heavy (non-hydrogen) atoms. The molecule has 140 valence electrons. The second-order valence-electron chi connectivity index (χ2n) is 7.20. The number of H-pyrrole nitrogens is 2. The SMILES string of the molecule is Cc1cc(C(=O)N2CCN(C(=O)Cc3c[nH]c4ccccc34)CC2)c(C)[nH]1. The smallest absolute Gasteiger partial charge is 0.255 e. The molecule has 0 radical (unpaired) electrons. The van der Waals surface area contributed by atoms with Crippen molar-refractivity contribution in [3.63, 3.8) is 0 Å². The topological polar surface area (TPSA) is 72.2 Å². The first-order valence-electron chi connectivity index (χ1n) is 9.31. The normalized spacial score (nSPS) is 14.7. The fraction of sp³-hybridized carbons (Fsp3) is 0.333. The van der Waals surface area contributed by atoms with Crippen molar-refractivity contribution in [3.05, 3.63) is 59.0 Å². The fourth-order valence-electron chi connectivity index (χ4n) is 3.83. The van der Waals surface area contributed by atoms with Gasteiger partial charge in [0.15, 0.2) is 0 Å². The summed E-state index contributed by atoms with van der Waals surface area (Å²) in [5.74, 6) is 0.154. The molecule has 0 atom stereocenters. The summed E-state index contributed by atoms with van der Waals surface area (Å²) in [6, 6.07) is 9.91. The highest BCUT2D eigenvalue weighted by atomic mass is 16.2.